The van der Waals surface area contributed by atoms with Crippen LogP contribution in [0, 0.1) is 5.41 Å². The van der Waals surface area contributed by atoms with Crippen LogP contribution in [0.2, 0.25) is 5.28 Å². The van der Waals surface area contributed by atoms with E-state index in [0.717, 1.165) is 12.4 Å². The molecular weight excluding hydrogens is 316 g/mol. The van der Waals surface area contributed by atoms with Gasteiger partial charge in [-0.05, 0) is 44.0 Å². The molecule has 1 amide bonds. The van der Waals surface area contributed by atoms with Gasteiger partial charge >= 0.3 is 6.09 Å². The van der Waals surface area contributed by atoms with Crippen molar-refractivity contribution in [1.82, 2.24) is 14.9 Å². The Kier molecular flexibility index (Phi) is 3.75. The first-order valence-electron chi connectivity index (χ1n) is 7.61. The highest BCUT2D eigenvalue weighted by Crippen LogP contribution is 2.42. The molecule has 1 aromatic rings. The quantitative estimate of drug-likeness (QED) is 0.737. The number of carbonyl (C=O) groups excluding carboxylic acids is 1. The molecule has 1 saturated heterocycles. The van der Waals surface area contributed by atoms with Gasteiger partial charge in [0.05, 0.1) is 0 Å². The number of rotatable bonds is 1. The molecule has 0 radical (unpaired) electrons. The van der Waals surface area contributed by atoms with E-state index in [1.165, 1.54) is 5.57 Å². The normalized spacial score (nSPS) is 23.8. The third kappa shape index (κ3) is 3.27. The highest BCUT2D eigenvalue weighted by atomic mass is 35.5. The molecule has 0 saturated carbocycles. The van der Waals surface area contributed by atoms with Gasteiger partial charge in [-0.15, -0.1) is 0 Å². The maximum Gasteiger partial charge on any atom is 0.410 e. The number of halogens is 1. The zero-order valence-corrected chi connectivity index (χ0v) is 14.6. The molecule has 0 aliphatic carbocycles. The molecular formula is C16H21ClN4O2. The molecule has 3 heterocycles. The highest BCUT2D eigenvalue weighted by Gasteiger charge is 2.46. The summed E-state index contributed by atoms with van der Waals surface area (Å²) in [6.45, 7) is 9.78. The molecule has 2 aliphatic heterocycles. The SMILES string of the molecule is CC(C)(C)OC(=O)N1CC2=CN(c3ccnc(Cl)n3)CC2(C)C1. The maximum atomic E-state index is 12.3. The molecule has 2 aliphatic rings. The van der Waals surface area contributed by atoms with Gasteiger partial charge in [0.1, 0.15) is 11.4 Å². The van der Waals surface area contributed by atoms with Gasteiger partial charge in [0, 0.05) is 37.4 Å². The molecule has 6 nitrogen and oxygen atoms in total. The van der Waals surface area contributed by atoms with E-state index >= 15 is 0 Å². The topological polar surface area (TPSA) is 58.6 Å². The molecule has 7 heteroatoms. The van der Waals surface area contributed by atoms with Gasteiger partial charge in [0.25, 0.3) is 0 Å². The lowest BCUT2D eigenvalue weighted by molar-refractivity contribution is 0.0277. The molecule has 23 heavy (non-hydrogen) atoms. The van der Waals surface area contributed by atoms with E-state index in [-0.39, 0.29) is 16.8 Å². The third-order valence-corrected chi connectivity index (χ3v) is 4.25. The van der Waals surface area contributed by atoms with Crippen molar-refractivity contribution in [2.75, 3.05) is 24.5 Å². The van der Waals surface area contributed by atoms with Gasteiger partial charge in [-0.2, -0.15) is 0 Å². The smallest absolute Gasteiger partial charge is 0.410 e. The van der Waals surface area contributed by atoms with E-state index in [1.54, 1.807) is 11.1 Å². The standard InChI is InChI=1S/C16H21ClN4O2/c1-15(2,3)23-14(22)21-8-11-7-20(9-16(11,4)10-21)12-5-6-18-13(17)19-12/h5-7H,8-10H2,1-4H3. The van der Waals surface area contributed by atoms with Crippen LogP contribution in [-0.2, 0) is 4.74 Å². The molecule has 124 valence electrons. The first-order chi connectivity index (χ1) is 10.7. The Labute approximate surface area is 141 Å². The predicted molar refractivity (Wildman–Crippen MR) is 88.4 cm³/mol. The van der Waals surface area contributed by atoms with Gasteiger partial charge in [-0.1, -0.05) is 6.92 Å². The lowest BCUT2D eigenvalue weighted by atomic mass is 9.88. The number of anilines is 1. The number of likely N-dealkylation sites (tertiary alicyclic amines) is 1. The van der Waals surface area contributed by atoms with Crippen molar-refractivity contribution >= 4 is 23.5 Å². The lowest BCUT2D eigenvalue weighted by Crippen LogP contribution is -2.38. The van der Waals surface area contributed by atoms with Crippen molar-refractivity contribution in [3.05, 3.63) is 29.3 Å². The largest absolute Gasteiger partial charge is 0.444 e. The van der Waals surface area contributed by atoms with Crippen LogP contribution < -0.4 is 4.90 Å². The van der Waals surface area contributed by atoms with Crippen LogP contribution in [-0.4, -0.2) is 46.2 Å². The Hall–Kier alpha value is -1.82. The highest BCUT2D eigenvalue weighted by molar-refractivity contribution is 6.28. The second-order valence-electron chi connectivity index (χ2n) is 7.36. The van der Waals surface area contributed by atoms with E-state index < -0.39 is 5.60 Å². The monoisotopic (exact) mass is 336 g/mol. The van der Waals surface area contributed by atoms with E-state index in [9.17, 15) is 4.79 Å². The summed E-state index contributed by atoms with van der Waals surface area (Å²) in [7, 11) is 0. The minimum absolute atomic E-state index is 0.0890. The van der Waals surface area contributed by atoms with Crippen molar-refractivity contribution < 1.29 is 9.53 Å². The van der Waals surface area contributed by atoms with Crippen LogP contribution in [0.3, 0.4) is 0 Å². The maximum absolute atomic E-state index is 12.3. The number of ether oxygens (including phenoxy) is 1. The summed E-state index contributed by atoms with van der Waals surface area (Å²) >= 11 is 5.87. The van der Waals surface area contributed by atoms with Gasteiger partial charge in [-0.25, -0.2) is 14.8 Å². The summed E-state index contributed by atoms with van der Waals surface area (Å²) < 4.78 is 5.47. The number of aromatic nitrogens is 2. The van der Waals surface area contributed by atoms with Crippen molar-refractivity contribution in [2.45, 2.75) is 33.3 Å². The Morgan fingerprint density at radius 1 is 1.39 bits per heavy atom. The van der Waals surface area contributed by atoms with Crippen molar-refractivity contribution in [3.8, 4) is 0 Å². The number of fused-ring (bicyclic) bond motifs is 1. The fourth-order valence-electron chi connectivity index (χ4n) is 3.02. The molecule has 0 aromatic carbocycles. The van der Waals surface area contributed by atoms with Crippen LogP contribution in [0.4, 0.5) is 10.6 Å². The van der Waals surface area contributed by atoms with E-state index in [4.69, 9.17) is 16.3 Å². The zero-order chi connectivity index (χ0) is 16.8. The minimum Gasteiger partial charge on any atom is -0.444 e. The molecule has 1 aromatic heterocycles. The summed E-state index contributed by atoms with van der Waals surface area (Å²) in [5, 5.41) is 0.235. The Bertz CT molecular complexity index is 670. The lowest BCUT2D eigenvalue weighted by Gasteiger charge is -2.27. The number of hydrogen-bond donors (Lipinski definition) is 0. The summed E-state index contributed by atoms with van der Waals surface area (Å²) in [6.07, 6.45) is 3.45. The minimum atomic E-state index is -0.478. The van der Waals surface area contributed by atoms with E-state index in [0.29, 0.717) is 13.1 Å². The molecule has 1 unspecified atom stereocenters. The van der Waals surface area contributed by atoms with E-state index in [2.05, 4.69) is 28.0 Å². The fraction of sp³-hybridized carbons (Fsp3) is 0.562. The molecule has 1 fully saturated rings. The number of carbonyl (C=O) groups is 1. The Balaban J connectivity index is 1.75. The Morgan fingerprint density at radius 2 is 2.13 bits per heavy atom. The van der Waals surface area contributed by atoms with Gasteiger partial charge < -0.3 is 14.5 Å². The molecule has 1 atom stereocenters. The number of amides is 1. The molecule has 3 rings (SSSR count). The van der Waals surface area contributed by atoms with Crippen molar-refractivity contribution in [1.29, 1.82) is 0 Å². The number of hydrogen-bond acceptors (Lipinski definition) is 5. The van der Waals surface area contributed by atoms with Crippen molar-refractivity contribution in [3.63, 3.8) is 0 Å². The van der Waals surface area contributed by atoms with Crippen LogP contribution in [0.15, 0.2) is 24.0 Å². The van der Waals surface area contributed by atoms with E-state index in [1.807, 2.05) is 26.8 Å². The van der Waals surface area contributed by atoms with Crippen LogP contribution in [0.5, 0.6) is 0 Å². The summed E-state index contributed by atoms with van der Waals surface area (Å²) in [6, 6.07) is 1.83. The van der Waals surface area contributed by atoms with Crippen LogP contribution >= 0.6 is 11.6 Å². The van der Waals surface area contributed by atoms with Crippen LogP contribution in [0.25, 0.3) is 0 Å². The second kappa shape index (κ2) is 5.37. The fourth-order valence-corrected chi connectivity index (χ4v) is 3.16. The number of nitrogens with zero attached hydrogens (tertiary/aromatic N) is 4. The summed E-state index contributed by atoms with van der Waals surface area (Å²) in [5.41, 5.74) is 0.639. The molecule has 0 N–H and O–H groups in total. The van der Waals surface area contributed by atoms with Crippen molar-refractivity contribution in [2.24, 2.45) is 5.41 Å². The summed E-state index contributed by atoms with van der Waals surface area (Å²) in [4.78, 5) is 24.2. The second-order valence-corrected chi connectivity index (χ2v) is 7.70. The first-order valence-corrected chi connectivity index (χ1v) is 7.98. The molecule has 0 spiro atoms. The summed E-state index contributed by atoms with van der Waals surface area (Å²) in [5.74, 6) is 0.775. The van der Waals surface area contributed by atoms with Gasteiger partial charge in [0.15, 0.2) is 0 Å². The van der Waals surface area contributed by atoms with Crippen LogP contribution in [0.1, 0.15) is 27.7 Å². The zero-order valence-electron chi connectivity index (χ0n) is 13.8. The first kappa shape index (κ1) is 16.1. The molecule has 0 bridgehead atoms. The Morgan fingerprint density at radius 3 is 2.74 bits per heavy atom. The average molecular weight is 337 g/mol. The third-order valence-electron chi connectivity index (χ3n) is 4.06. The average Bonchev–Trinajstić information content (AvgIpc) is 2.88. The predicted octanol–water partition coefficient (Wildman–Crippen LogP) is 3.09. The van der Waals surface area contributed by atoms with Gasteiger partial charge in [-0.3, -0.25) is 0 Å². The van der Waals surface area contributed by atoms with Gasteiger partial charge in [0.2, 0.25) is 5.28 Å².